The lowest BCUT2D eigenvalue weighted by Crippen LogP contribution is -2.40. The van der Waals surface area contributed by atoms with Gasteiger partial charge >= 0.3 is 6.18 Å². The van der Waals surface area contributed by atoms with Crippen LogP contribution in [0, 0.1) is 11.8 Å². The zero-order valence-corrected chi connectivity index (χ0v) is 18.8. The van der Waals surface area contributed by atoms with E-state index in [0.717, 1.165) is 18.6 Å². The lowest BCUT2D eigenvalue weighted by molar-refractivity contribution is -0.137. The van der Waals surface area contributed by atoms with Crippen LogP contribution in [0.4, 0.5) is 13.2 Å². The highest BCUT2D eigenvalue weighted by Gasteiger charge is 2.36. The van der Waals surface area contributed by atoms with E-state index in [4.69, 9.17) is 13.9 Å². The number of halogens is 3. The molecule has 0 radical (unpaired) electrons. The van der Waals surface area contributed by atoms with Crippen LogP contribution >= 0.6 is 0 Å². The SMILES string of the molecule is COC(OC)c1ccc(C(F)(F)F)cc1C#CCCCO[Si](C)(C)C(C)(C)C. The summed E-state index contributed by atoms with van der Waals surface area (Å²) in [5, 5.41) is 0.140. The van der Waals surface area contributed by atoms with E-state index < -0.39 is 26.3 Å². The Kier molecular flexibility index (Phi) is 8.76. The first-order valence-corrected chi connectivity index (χ1v) is 12.1. The molecule has 0 amide bonds. The Morgan fingerprint density at radius 3 is 2.18 bits per heavy atom. The Morgan fingerprint density at radius 1 is 1.07 bits per heavy atom. The van der Waals surface area contributed by atoms with Gasteiger partial charge in [-0.1, -0.05) is 38.7 Å². The molecule has 1 aromatic rings. The normalized spacial score (nSPS) is 12.8. The minimum Gasteiger partial charge on any atom is -0.417 e. The Balaban J connectivity index is 2.87. The number of hydrogen-bond donors (Lipinski definition) is 0. The third-order valence-corrected chi connectivity index (χ3v) is 9.54. The lowest BCUT2D eigenvalue weighted by atomic mass is 10.0. The molecule has 28 heavy (non-hydrogen) atoms. The van der Waals surface area contributed by atoms with Crippen molar-refractivity contribution in [1.29, 1.82) is 0 Å². The van der Waals surface area contributed by atoms with Crippen LogP contribution in [0.1, 0.15) is 56.6 Å². The Hall–Kier alpha value is -1.33. The molecule has 0 bridgehead atoms. The fraction of sp³-hybridized carbons (Fsp3) is 0.619. The van der Waals surface area contributed by atoms with Crippen LogP contribution < -0.4 is 0 Å². The maximum atomic E-state index is 13.0. The van der Waals surface area contributed by atoms with Crippen LogP contribution in [0.5, 0.6) is 0 Å². The third-order valence-electron chi connectivity index (χ3n) is 5.00. The zero-order chi connectivity index (χ0) is 21.6. The van der Waals surface area contributed by atoms with E-state index in [0.29, 0.717) is 18.6 Å². The molecule has 158 valence electrons. The number of alkyl halides is 3. The molecule has 7 heteroatoms. The lowest BCUT2D eigenvalue weighted by Gasteiger charge is -2.36. The number of benzene rings is 1. The van der Waals surface area contributed by atoms with E-state index in [9.17, 15) is 13.2 Å². The van der Waals surface area contributed by atoms with Crippen molar-refractivity contribution in [3.05, 3.63) is 34.9 Å². The molecule has 0 aromatic heterocycles. The zero-order valence-electron chi connectivity index (χ0n) is 17.8. The average Bonchev–Trinajstić information content (AvgIpc) is 2.58. The molecule has 0 heterocycles. The van der Waals surface area contributed by atoms with Gasteiger partial charge in [-0.25, -0.2) is 0 Å². The molecule has 0 aliphatic rings. The molecule has 1 rings (SSSR count). The van der Waals surface area contributed by atoms with Gasteiger partial charge in [0.05, 0.1) is 5.56 Å². The molecular weight excluding hydrogens is 385 g/mol. The number of methoxy groups -OCH3 is 2. The molecule has 0 saturated heterocycles. The summed E-state index contributed by atoms with van der Waals surface area (Å²) < 4.78 is 55.6. The van der Waals surface area contributed by atoms with Gasteiger partial charge in [0.15, 0.2) is 14.6 Å². The van der Waals surface area contributed by atoms with Crippen molar-refractivity contribution in [2.75, 3.05) is 20.8 Å². The van der Waals surface area contributed by atoms with Gasteiger partial charge in [-0.3, -0.25) is 0 Å². The molecule has 0 unspecified atom stereocenters. The summed E-state index contributed by atoms with van der Waals surface area (Å²) in [5.41, 5.74) is -0.00960. The van der Waals surface area contributed by atoms with Gasteiger partial charge in [0.2, 0.25) is 0 Å². The number of rotatable bonds is 7. The second kappa shape index (κ2) is 9.93. The molecule has 3 nitrogen and oxygen atoms in total. The smallest absolute Gasteiger partial charge is 0.416 e. The van der Waals surface area contributed by atoms with E-state index in [1.165, 1.54) is 20.3 Å². The van der Waals surface area contributed by atoms with Crippen molar-refractivity contribution >= 4 is 8.32 Å². The summed E-state index contributed by atoms with van der Waals surface area (Å²) in [5.74, 6) is 5.80. The van der Waals surface area contributed by atoms with Crippen LogP contribution in [-0.4, -0.2) is 29.1 Å². The summed E-state index contributed by atoms with van der Waals surface area (Å²) in [6.45, 7) is 11.5. The summed E-state index contributed by atoms with van der Waals surface area (Å²) in [6.07, 6.45) is -3.93. The fourth-order valence-electron chi connectivity index (χ4n) is 2.26. The summed E-state index contributed by atoms with van der Waals surface area (Å²) in [6, 6.07) is 3.41. The maximum Gasteiger partial charge on any atom is 0.416 e. The van der Waals surface area contributed by atoms with Crippen molar-refractivity contribution in [2.24, 2.45) is 0 Å². The molecule has 0 fully saturated rings. The first-order chi connectivity index (χ1) is 12.8. The molecule has 0 aliphatic heterocycles. The van der Waals surface area contributed by atoms with Crippen LogP contribution in [0.3, 0.4) is 0 Å². The average molecular weight is 417 g/mol. The van der Waals surface area contributed by atoms with Gasteiger partial charge in [-0.15, -0.1) is 0 Å². The first-order valence-electron chi connectivity index (χ1n) is 9.23. The number of ether oxygens (including phenoxy) is 2. The predicted molar refractivity (Wildman–Crippen MR) is 107 cm³/mol. The minimum atomic E-state index is -4.43. The predicted octanol–water partition coefficient (Wildman–Crippen LogP) is 6.15. The van der Waals surface area contributed by atoms with Crippen LogP contribution in [-0.2, 0) is 20.1 Å². The Bertz CT molecular complexity index is 694. The molecule has 0 aliphatic carbocycles. The van der Waals surface area contributed by atoms with E-state index >= 15 is 0 Å². The van der Waals surface area contributed by atoms with Gasteiger partial charge in [-0.2, -0.15) is 13.2 Å². The standard InChI is InChI=1S/C21H31F3O3Si/c1-20(2,3)28(6,7)27-14-10-8-9-11-16-15-17(21(22,23)24)12-13-18(16)19(25-4)26-5/h12-13,15,19H,8,10,14H2,1-7H3. The van der Waals surface area contributed by atoms with E-state index in [1.807, 2.05) is 0 Å². The van der Waals surface area contributed by atoms with Gasteiger partial charge < -0.3 is 13.9 Å². The summed E-state index contributed by atoms with van der Waals surface area (Å²) in [4.78, 5) is 0. The molecule has 1 aromatic carbocycles. The highest BCUT2D eigenvalue weighted by Crippen LogP contribution is 2.36. The monoisotopic (exact) mass is 416 g/mol. The van der Waals surface area contributed by atoms with E-state index in [1.54, 1.807) is 0 Å². The second-order valence-electron chi connectivity index (χ2n) is 8.12. The largest absolute Gasteiger partial charge is 0.417 e. The summed E-state index contributed by atoms with van der Waals surface area (Å²) >= 11 is 0. The van der Waals surface area contributed by atoms with E-state index in [2.05, 4.69) is 45.7 Å². The van der Waals surface area contributed by atoms with Crippen molar-refractivity contribution in [3.63, 3.8) is 0 Å². The molecule has 0 N–H and O–H groups in total. The first kappa shape index (κ1) is 24.7. The van der Waals surface area contributed by atoms with Crippen LogP contribution in [0.15, 0.2) is 18.2 Å². The van der Waals surface area contributed by atoms with E-state index in [-0.39, 0.29) is 10.6 Å². The van der Waals surface area contributed by atoms with Crippen molar-refractivity contribution < 1.29 is 27.1 Å². The third kappa shape index (κ3) is 6.93. The molecule has 0 saturated carbocycles. The second-order valence-corrected chi connectivity index (χ2v) is 12.9. The quantitative estimate of drug-likeness (QED) is 0.231. The van der Waals surface area contributed by atoms with Crippen molar-refractivity contribution in [2.45, 2.75) is 64.2 Å². The molecule has 0 spiro atoms. The Labute approximate surface area is 167 Å². The van der Waals surface area contributed by atoms with Crippen molar-refractivity contribution in [3.8, 4) is 11.8 Å². The van der Waals surface area contributed by atoms with Crippen LogP contribution in [0.2, 0.25) is 18.1 Å². The maximum absolute atomic E-state index is 13.0. The van der Waals surface area contributed by atoms with Gasteiger partial charge in [0, 0.05) is 38.4 Å². The van der Waals surface area contributed by atoms with Crippen LogP contribution in [0.25, 0.3) is 0 Å². The van der Waals surface area contributed by atoms with Gasteiger partial charge in [0.1, 0.15) is 0 Å². The molecule has 0 atom stereocenters. The highest BCUT2D eigenvalue weighted by atomic mass is 28.4. The fourth-order valence-corrected chi connectivity index (χ4v) is 3.35. The van der Waals surface area contributed by atoms with Crippen molar-refractivity contribution in [1.82, 2.24) is 0 Å². The number of hydrogen-bond acceptors (Lipinski definition) is 3. The topological polar surface area (TPSA) is 27.7 Å². The summed E-state index contributed by atoms with van der Waals surface area (Å²) in [7, 11) is 1.07. The Morgan fingerprint density at radius 2 is 1.68 bits per heavy atom. The van der Waals surface area contributed by atoms with Gasteiger partial charge in [-0.05, 0) is 36.7 Å². The minimum absolute atomic E-state index is 0.140. The highest BCUT2D eigenvalue weighted by molar-refractivity contribution is 6.74. The van der Waals surface area contributed by atoms with Gasteiger partial charge in [0.25, 0.3) is 0 Å². The molecular formula is C21H31F3O3Si. The number of unbranched alkanes of at least 4 members (excludes halogenated alkanes) is 1.